The second kappa shape index (κ2) is 6.76. The predicted molar refractivity (Wildman–Crippen MR) is 102 cm³/mol. The van der Waals surface area contributed by atoms with Crippen molar-refractivity contribution in [3.63, 3.8) is 0 Å². The minimum atomic E-state index is -3.64. The number of para-hydroxylation sites is 1. The van der Waals surface area contributed by atoms with Crippen LogP contribution in [0.2, 0.25) is 0 Å². The van der Waals surface area contributed by atoms with E-state index in [0.29, 0.717) is 25.2 Å². The molecule has 2 aliphatic rings. The van der Waals surface area contributed by atoms with Crippen LogP contribution in [0.3, 0.4) is 0 Å². The van der Waals surface area contributed by atoms with Crippen molar-refractivity contribution >= 4 is 21.6 Å². The first-order valence-corrected chi connectivity index (χ1v) is 10.7. The molecule has 1 unspecified atom stereocenters. The van der Waals surface area contributed by atoms with Crippen LogP contribution in [0.15, 0.2) is 35.4 Å². The fourth-order valence-corrected chi connectivity index (χ4v) is 5.73. The van der Waals surface area contributed by atoms with E-state index in [1.165, 1.54) is 16.1 Å². The quantitative estimate of drug-likeness (QED) is 0.802. The number of fused-ring (bicyclic) bond motifs is 1. The van der Waals surface area contributed by atoms with Gasteiger partial charge in [-0.05, 0) is 37.8 Å². The van der Waals surface area contributed by atoms with Crippen LogP contribution in [-0.4, -0.2) is 48.0 Å². The van der Waals surface area contributed by atoms with Crippen LogP contribution in [-0.2, 0) is 28.3 Å². The van der Waals surface area contributed by atoms with Crippen molar-refractivity contribution in [3.8, 4) is 0 Å². The highest BCUT2D eigenvalue weighted by Gasteiger charge is 2.37. The zero-order chi connectivity index (χ0) is 19.2. The molecule has 4 rings (SSSR count). The molecule has 1 fully saturated rings. The standard InChI is InChI=1S/C19H24N4O3S/c1-14-18(12-20-21(14)2)27(25,26)22-10-5-7-16(13-22)19(24)23-11-9-15-6-3-4-8-17(15)23/h3-4,6,8,12,16H,5,7,9-11,13H2,1-2H3. The van der Waals surface area contributed by atoms with E-state index in [1.54, 1.807) is 18.7 Å². The molecule has 1 aromatic heterocycles. The number of rotatable bonds is 3. The number of amides is 1. The fraction of sp³-hybridized carbons (Fsp3) is 0.474. The maximum absolute atomic E-state index is 13.1. The number of carbonyl (C=O) groups is 1. The number of piperidine rings is 1. The molecule has 0 N–H and O–H groups in total. The average molecular weight is 388 g/mol. The van der Waals surface area contributed by atoms with Crippen molar-refractivity contribution in [1.82, 2.24) is 14.1 Å². The van der Waals surface area contributed by atoms with Gasteiger partial charge in [0.2, 0.25) is 15.9 Å². The van der Waals surface area contributed by atoms with Gasteiger partial charge in [-0.2, -0.15) is 9.40 Å². The van der Waals surface area contributed by atoms with E-state index in [0.717, 1.165) is 18.5 Å². The van der Waals surface area contributed by atoms with Gasteiger partial charge in [0.05, 0.1) is 17.8 Å². The normalized spacial score (nSPS) is 20.7. The number of aromatic nitrogens is 2. The van der Waals surface area contributed by atoms with Crippen LogP contribution in [0, 0.1) is 12.8 Å². The zero-order valence-electron chi connectivity index (χ0n) is 15.6. The Morgan fingerprint density at radius 3 is 2.74 bits per heavy atom. The lowest BCUT2D eigenvalue weighted by atomic mass is 9.98. The molecule has 0 radical (unpaired) electrons. The second-order valence-corrected chi connectivity index (χ2v) is 9.19. The largest absolute Gasteiger partial charge is 0.312 e. The summed E-state index contributed by atoms with van der Waals surface area (Å²) < 4.78 is 29.1. The molecule has 144 valence electrons. The smallest absolute Gasteiger partial charge is 0.246 e. The van der Waals surface area contributed by atoms with Crippen LogP contribution in [0.1, 0.15) is 24.1 Å². The SMILES string of the molecule is Cc1c(S(=O)(=O)N2CCCC(C(=O)N3CCc4ccccc43)C2)cnn1C. The first-order valence-electron chi connectivity index (χ1n) is 9.27. The van der Waals surface area contributed by atoms with Gasteiger partial charge in [0.25, 0.3) is 0 Å². The summed E-state index contributed by atoms with van der Waals surface area (Å²) in [5.41, 5.74) is 2.75. The van der Waals surface area contributed by atoms with E-state index in [9.17, 15) is 13.2 Å². The first-order chi connectivity index (χ1) is 12.9. The van der Waals surface area contributed by atoms with Gasteiger partial charge in [-0.3, -0.25) is 9.48 Å². The van der Waals surface area contributed by atoms with Gasteiger partial charge < -0.3 is 4.90 Å². The van der Waals surface area contributed by atoms with Crippen LogP contribution in [0.4, 0.5) is 5.69 Å². The highest BCUT2D eigenvalue weighted by atomic mass is 32.2. The Bertz CT molecular complexity index is 983. The lowest BCUT2D eigenvalue weighted by Crippen LogP contribution is -2.46. The van der Waals surface area contributed by atoms with Crippen molar-refractivity contribution in [1.29, 1.82) is 0 Å². The Balaban J connectivity index is 1.55. The Morgan fingerprint density at radius 2 is 2.00 bits per heavy atom. The molecule has 1 saturated heterocycles. The van der Waals surface area contributed by atoms with Gasteiger partial charge in [-0.1, -0.05) is 18.2 Å². The molecule has 0 bridgehead atoms. The zero-order valence-corrected chi connectivity index (χ0v) is 16.4. The predicted octanol–water partition coefficient (Wildman–Crippen LogP) is 1.72. The molecule has 2 aromatic rings. The number of anilines is 1. The van der Waals surface area contributed by atoms with E-state index in [-0.39, 0.29) is 23.3 Å². The molecule has 2 aliphatic heterocycles. The van der Waals surface area contributed by atoms with Crippen molar-refractivity contribution in [2.24, 2.45) is 13.0 Å². The van der Waals surface area contributed by atoms with Crippen LogP contribution in [0.5, 0.6) is 0 Å². The number of carbonyl (C=O) groups excluding carboxylic acids is 1. The van der Waals surface area contributed by atoms with Gasteiger partial charge in [0.1, 0.15) is 4.90 Å². The van der Waals surface area contributed by atoms with Crippen LogP contribution < -0.4 is 4.90 Å². The third-order valence-corrected chi connectivity index (χ3v) is 7.66. The van der Waals surface area contributed by atoms with Gasteiger partial charge in [-0.15, -0.1) is 0 Å². The van der Waals surface area contributed by atoms with E-state index >= 15 is 0 Å². The number of sulfonamides is 1. The Hall–Kier alpha value is -2.19. The number of aryl methyl sites for hydroxylation is 1. The lowest BCUT2D eigenvalue weighted by molar-refractivity contribution is -0.123. The van der Waals surface area contributed by atoms with Crippen LogP contribution in [0.25, 0.3) is 0 Å². The summed E-state index contributed by atoms with van der Waals surface area (Å²) in [6.07, 6.45) is 3.65. The van der Waals surface area contributed by atoms with Gasteiger partial charge in [-0.25, -0.2) is 8.42 Å². The summed E-state index contributed by atoms with van der Waals surface area (Å²) in [5, 5.41) is 4.06. The number of hydrogen-bond donors (Lipinski definition) is 0. The third-order valence-electron chi connectivity index (χ3n) is 5.69. The second-order valence-electron chi connectivity index (χ2n) is 7.29. The van der Waals surface area contributed by atoms with Crippen molar-refractivity contribution in [2.75, 3.05) is 24.5 Å². The Kier molecular flexibility index (Phi) is 4.55. The molecular weight excluding hydrogens is 364 g/mol. The highest BCUT2D eigenvalue weighted by Crippen LogP contribution is 2.32. The van der Waals surface area contributed by atoms with Crippen molar-refractivity contribution in [3.05, 3.63) is 41.7 Å². The minimum absolute atomic E-state index is 0.0303. The summed E-state index contributed by atoms with van der Waals surface area (Å²) in [6.45, 7) is 3.09. The number of benzene rings is 1. The first kappa shape index (κ1) is 18.2. The molecule has 1 aromatic carbocycles. The van der Waals surface area contributed by atoms with Crippen molar-refractivity contribution in [2.45, 2.75) is 31.1 Å². The third kappa shape index (κ3) is 3.06. The number of hydrogen-bond acceptors (Lipinski definition) is 4. The van der Waals surface area contributed by atoms with Gasteiger partial charge in [0, 0.05) is 32.4 Å². The maximum Gasteiger partial charge on any atom is 0.246 e. The summed E-state index contributed by atoms with van der Waals surface area (Å²) in [4.78, 5) is 15.2. The summed E-state index contributed by atoms with van der Waals surface area (Å²) in [5.74, 6) is -0.278. The molecule has 0 saturated carbocycles. The summed E-state index contributed by atoms with van der Waals surface area (Å²) >= 11 is 0. The molecule has 1 atom stereocenters. The topological polar surface area (TPSA) is 75.5 Å². The molecule has 7 nitrogen and oxygen atoms in total. The average Bonchev–Trinajstić information content (AvgIpc) is 3.25. The lowest BCUT2D eigenvalue weighted by Gasteiger charge is -2.33. The molecule has 27 heavy (non-hydrogen) atoms. The Labute approximate surface area is 159 Å². The molecule has 0 spiro atoms. The minimum Gasteiger partial charge on any atom is -0.312 e. The molecule has 8 heteroatoms. The molecular formula is C19H24N4O3S. The van der Waals surface area contributed by atoms with Crippen molar-refractivity contribution < 1.29 is 13.2 Å². The maximum atomic E-state index is 13.1. The van der Waals surface area contributed by atoms with Crippen LogP contribution >= 0.6 is 0 Å². The molecule has 3 heterocycles. The van der Waals surface area contributed by atoms with Gasteiger partial charge in [0.15, 0.2) is 0 Å². The summed E-state index contributed by atoms with van der Waals surface area (Å²) in [7, 11) is -1.92. The number of nitrogens with zero attached hydrogens (tertiary/aromatic N) is 4. The van der Waals surface area contributed by atoms with E-state index < -0.39 is 10.0 Å². The summed E-state index contributed by atoms with van der Waals surface area (Å²) in [6, 6.07) is 7.94. The van der Waals surface area contributed by atoms with Gasteiger partial charge >= 0.3 is 0 Å². The fourth-order valence-electron chi connectivity index (χ4n) is 4.02. The Morgan fingerprint density at radius 1 is 1.22 bits per heavy atom. The van der Waals surface area contributed by atoms with E-state index in [2.05, 4.69) is 5.10 Å². The van der Waals surface area contributed by atoms with E-state index in [1.807, 2.05) is 29.2 Å². The monoisotopic (exact) mass is 388 g/mol. The molecule has 0 aliphatic carbocycles. The molecule has 1 amide bonds. The highest BCUT2D eigenvalue weighted by molar-refractivity contribution is 7.89. The van der Waals surface area contributed by atoms with E-state index in [4.69, 9.17) is 0 Å².